The van der Waals surface area contributed by atoms with Crippen LogP contribution in [-0.2, 0) is 33.2 Å². The van der Waals surface area contributed by atoms with Crippen molar-refractivity contribution >= 4 is 16.0 Å². The van der Waals surface area contributed by atoms with E-state index in [2.05, 4.69) is 5.10 Å². The number of ether oxygens (including phenoxy) is 1. The summed E-state index contributed by atoms with van der Waals surface area (Å²) in [5.41, 5.74) is 0.453. The van der Waals surface area contributed by atoms with E-state index in [0.717, 1.165) is 0 Å². The molecule has 1 rings (SSSR count). The Kier molecular flexibility index (Phi) is 3.10. The van der Waals surface area contributed by atoms with Gasteiger partial charge in [0.25, 0.3) is 10.0 Å². The van der Waals surface area contributed by atoms with Gasteiger partial charge in [-0.1, -0.05) is 0 Å². The minimum Gasteiger partial charge on any atom is -0.459 e. The van der Waals surface area contributed by atoms with Gasteiger partial charge in [0.15, 0.2) is 5.03 Å². The van der Waals surface area contributed by atoms with Crippen LogP contribution in [0.1, 0.15) is 12.6 Å². The van der Waals surface area contributed by atoms with Crippen LogP contribution in [0.15, 0.2) is 11.1 Å². The lowest BCUT2D eigenvalue weighted by Gasteiger charge is -2.00. The van der Waals surface area contributed by atoms with Crippen molar-refractivity contribution in [3.05, 3.63) is 11.8 Å². The zero-order valence-electron chi connectivity index (χ0n) is 8.30. The Morgan fingerprint density at radius 3 is 2.67 bits per heavy atom. The lowest BCUT2D eigenvalue weighted by atomic mass is 10.4. The van der Waals surface area contributed by atoms with Crippen molar-refractivity contribution in [3.63, 3.8) is 0 Å². The Hall–Kier alpha value is -1.41. The van der Waals surface area contributed by atoms with E-state index < -0.39 is 16.0 Å². The predicted octanol–water partition coefficient (Wildman–Crippen LogP) is -0.869. The van der Waals surface area contributed by atoms with Gasteiger partial charge < -0.3 is 4.74 Å². The molecule has 0 saturated carbocycles. The second-order valence-electron chi connectivity index (χ2n) is 2.92. The minimum absolute atomic E-state index is 0.0334. The lowest BCUT2D eigenvalue weighted by Crippen LogP contribution is -2.13. The van der Waals surface area contributed by atoms with Gasteiger partial charge in [-0.2, -0.15) is 5.10 Å². The van der Waals surface area contributed by atoms with Gasteiger partial charge >= 0.3 is 5.97 Å². The summed E-state index contributed by atoms with van der Waals surface area (Å²) in [6, 6.07) is 1.26. The average Bonchev–Trinajstić information content (AvgIpc) is 2.42. The van der Waals surface area contributed by atoms with Crippen LogP contribution in [0.2, 0.25) is 0 Å². The molecule has 1 aromatic heterocycles. The highest BCUT2D eigenvalue weighted by Gasteiger charge is 2.15. The van der Waals surface area contributed by atoms with Crippen molar-refractivity contribution in [2.75, 3.05) is 0 Å². The molecule has 0 aliphatic heterocycles. The van der Waals surface area contributed by atoms with Crippen LogP contribution in [0.25, 0.3) is 0 Å². The SMILES string of the molecule is CC(=O)OCc1cc(S(N)(=O)=O)nn1C. The molecule has 0 atom stereocenters. The fourth-order valence-corrected chi connectivity index (χ4v) is 1.46. The molecule has 8 heteroatoms. The summed E-state index contributed by atoms with van der Waals surface area (Å²) >= 11 is 0. The van der Waals surface area contributed by atoms with E-state index in [1.165, 1.54) is 24.7 Å². The summed E-state index contributed by atoms with van der Waals surface area (Å²) in [7, 11) is -2.28. The molecule has 1 aromatic rings. The largest absolute Gasteiger partial charge is 0.459 e. The molecule has 0 radical (unpaired) electrons. The summed E-state index contributed by atoms with van der Waals surface area (Å²) < 4.78 is 27.9. The Morgan fingerprint density at radius 2 is 2.27 bits per heavy atom. The normalized spacial score (nSPS) is 11.4. The Labute approximate surface area is 86.9 Å². The predicted molar refractivity (Wildman–Crippen MR) is 50.1 cm³/mol. The molecule has 0 amide bonds. The molecule has 7 nitrogen and oxygen atoms in total. The number of aromatic nitrogens is 2. The summed E-state index contributed by atoms with van der Waals surface area (Å²) in [4.78, 5) is 10.5. The van der Waals surface area contributed by atoms with E-state index in [9.17, 15) is 13.2 Å². The van der Waals surface area contributed by atoms with Crippen LogP contribution in [0.3, 0.4) is 0 Å². The van der Waals surface area contributed by atoms with E-state index in [-0.39, 0.29) is 11.6 Å². The fourth-order valence-electron chi connectivity index (χ4n) is 0.927. The van der Waals surface area contributed by atoms with Gasteiger partial charge in [0, 0.05) is 20.0 Å². The van der Waals surface area contributed by atoms with Gasteiger partial charge in [0.05, 0.1) is 5.69 Å². The molecule has 0 aliphatic rings. The minimum atomic E-state index is -3.82. The number of rotatable bonds is 3. The Morgan fingerprint density at radius 1 is 1.67 bits per heavy atom. The molecular weight excluding hydrogens is 222 g/mol. The van der Waals surface area contributed by atoms with Crippen LogP contribution < -0.4 is 5.14 Å². The summed E-state index contributed by atoms with van der Waals surface area (Å²) in [6.07, 6.45) is 0. The number of esters is 1. The standard InChI is InChI=1S/C7H11N3O4S/c1-5(11)14-4-6-3-7(9-10(6)2)15(8,12)13/h3H,4H2,1-2H3,(H2,8,12,13). The van der Waals surface area contributed by atoms with Gasteiger partial charge in [0.1, 0.15) is 6.61 Å². The van der Waals surface area contributed by atoms with Crippen LogP contribution in [-0.4, -0.2) is 24.2 Å². The van der Waals surface area contributed by atoms with Crippen LogP contribution in [0, 0.1) is 0 Å². The first-order valence-electron chi connectivity index (χ1n) is 4.00. The van der Waals surface area contributed by atoms with Gasteiger partial charge in [-0.05, 0) is 0 Å². The van der Waals surface area contributed by atoms with Gasteiger partial charge in [0.2, 0.25) is 0 Å². The van der Waals surface area contributed by atoms with E-state index in [0.29, 0.717) is 5.69 Å². The van der Waals surface area contributed by atoms with Gasteiger partial charge in [-0.25, -0.2) is 13.6 Å². The first-order valence-corrected chi connectivity index (χ1v) is 5.54. The molecule has 2 N–H and O–H groups in total. The Bertz CT molecular complexity index is 476. The number of carbonyl (C=O) groups is 1. The van der Waals surface area contributed by atoms with Gasteiger partial charge in [-0.3, -0.25) is 9.48 Å². The molecule has 15 heavy (non-hydrogen) atoms. The van der Waals surface area contributed by atoms with Crippen molar-refractivity contribution in [2.45, 2.75) is 18.6 Å². The quantitative estimate of drug-likeness (QED) is 0.683. The highest BCUT2D eigenvalue weighted by molar-refractivity contribution is 7.89. The molecule has 0 saturated heterocycles. The van der Waals surface area contributed by atoms with Crippen molar-refractivity contribution in [1.82, 2.24) is 9.78 Å². The first-order chi connectivity index (χ1) is 6.80. The van der Waals surface area contributed by atoms with Gasteiger partial charge in [-0.15, -0.1) is 0 Å². The molecular formula is C7H11N3O4S. The monoisotopic (exact) mass is 233 g/mol. The van der Waals surface area contributed by atoms with Crippen LogP contribution in [0.4, 0.5) is 0 Å². The number of primary sulfonamides is 1. The number of carbonyl (C=O) groups excluding carboxylic acids is 1. The summed E-state index contributed by atoms with van der Waals surface area (Å²) in [6.45, 7) is 1.23. The molecule has 0 fully saturated rings. The average molecular weight is 233 g/mol. The maximum absolute atomic E-state index is 10.9. The molecule has 84 valence electrons. The van der Waals surface area contributed by atoms with Crippen LogP contribution in [0.5, 0.6) is 0 Å². The molecule has 0 aromatic carbocycles. The number of aryl methyl sites for hydroxylation is 1. The smallest absolute Gasteiger partial charge is 0.303 e. The van der Waals surface area contributed by atoms with E-state index in [1.54, 1.807) is 0 Å². The summed E-state index contributed by atoms with van der Waals surface area (Å²) in [5.74, 6) is -0.451. The molecule has 0 unspecified atom stereocenters. The molecule has 0 spiro atoms. The van der Waals surface area contributed by atoms with Crippen molar-refractivity contribution in [2.24, 2.45) is 12.2 Å². The highest BCUT2D eigenvalue weighted by atomic mass is 32.2. The van der Waals surface area contributed by atoms with E-state index in [1.807, 2.05) is 0 Å². The second-order valence-corrected chi connectivity index (χ2v) is 4.43. The third-order valence-corrected chi connectivity index (χ3v) is 2.45. The summed E-state index contributed by atoms with van der Waals surface area (Å²) in [5, 5.41) is 8.31. The van der Waals surface area contributed by atoms with Crippen molar-refractivity contribution in [3.8, 4) is 0 Å². The lowest BCUT2D eigenvalue weighted by molar-refractivity contribution is -0.142. The van der Waals surface area contributed by atoms with E-state index >= 15 is 0 Å². The number of sulfonamides is 1. The number of hydrogen-bond donors (Lipinski definition) is 1. The molecule has 0 aliphatic carbocycles. The number of hydrogen-bond acceptors (Lipinski definition) is 5. The maximum Gasteiger partial charge on any atom is 0.303 e. The van der Waals surface area contributed by atoms with Crippen molar-refractivity contribution in [1.29, 1.82) is 0 Å². The molecule has 1 heterocycles. The third-order valence-electron chi connectivity index (χ3n) is 1.67. The number of nitrogens with two attached hydrogens (primary N) is 1. The van der Waals surface area contributed by atoms with E-state index in [4.69, 9.17) is 9.88 Å². The third kappa shape index (κ3) is 3.03. The van der Waals surface area contributed by atoms with Crippen LogP contribution >= 0.6 is 0 Å². The maximum atomic E-state index is 10.9. The zero-order valence-corrected chi connectivity index (χ0v) is 9.11. The highest BCUT2D eigenvalue weighted by Crippen LogP contribution is 2.08. The number of nitrogens with zero attached hydrogens (tertiary/aromatic N) is 2. The zero-order chi connectivity index (χ0) is 11.6. The second kappa shape index (κ2) is 3.99. The topological polar surface area (TPSA) is 104 Å². The Balaban J connectivity index is 2.92. The first kappa shape index (κ1) is 11.7. The van der Waals surface area contributed by atoms with Crippen molar-refractivity contribution < 1.29 is 17.9 Å². The molecule has 0 bridgehead atoms. The fraction of sp³-hybridized carbons (Fsp3) is 0.429.